The zero-order valence-electron chi connectivity index (χ0n) is 9.78. The minimum atomic E-state index is 0.794. The predicted molar refractivity (Wildman–Crippen MR) is 68.8 cm³/mol. The number of nitrogens with zero attached hydrogens (tertiary/aromatic N) is 1. The minimum Gasteiger partial charge on any atom is -0.399 e. The Morgan fingerprint density at radius 1 is 1.12 bits per heavy atom. The van der Waals surface area contributed by atoms with Gasteiger partial charge in [-0.25, -0.2) is 0 Å². The summed E-state index contributed by atoms with van der Waals surface area (Å²) in [5.74, 6) is 0. The summed E-state index contributed by atoms with van der Waals surface area (Å²) in [7, 11) is 0. The molecule has 2 aliphatic rings. The molecule has 0 spiro atoms. The van der Waals surface area contributed by atoms with Crippen molar-refractivity contribution in [3.63, 3.8) is 0 Å². The molecule has 0 bridgehead atoms. The van der Waals surface area contributed by atoms with E-state index in [9.17, 15) is 0 Å². The molecule has 1 heterocycles. The second-order valence-corrected chi connectivity index (χ2v) is 5.12. The molecule has 0 amide bonds. The minimum absolute atomic E-state index is 0.794. The molecule has 0 radical (unpaired) electrons. The van der Waals surface area contributed by atoms with Gasteiger partial charge >= 0.3 is 0 Å². The van der Waals surface area contributed by atoms with Crippen molar-refractivity contribution in [1.29, 1.82) is 0 Å². The zero-order valence-corrected chi connectivity index (χ0v) is 9.78. The molecule has 0 atom stereocenters. The van der Waals surface area contributed by atoms with Gasteiger partial charge in [-0.3, -0.25) is 0 Å². The lowest BCUT2D eigenvalue weighted by Crippen LogP contribution is -2.37. The van der Waals surface area contributed by atoms with Gasteiger partial charge in [0.05, 0.1) is 0 Å². The van der Waals surface area contributed by atoms with Crippen molar-refractivity contribution in [2.75, 3.05) is 17.2 Å². The fourth-order valence-electron chi connectivity index (χ4n) is 3.24. The maximum absolute atomic E-state index is 5.86. The van der Waals surface area contributed by atoms with Gasteiger partial charge in [0.25, 0.3) is 0 Å². The van der Waals surface area contributed by atoms with Crippen LogP contribution in [0.3, 0.4) is 0 Å². The van der Waals surface area contributed by atoms with E-state index in [-0.39, 0.29) is 0 Å². The summed E-state index contributed by atoms with van der Waals surface area (Å²) in [6.45, 7) is 1.24. The number of benzene rings is 1. The SMILES string of the molecule is Nc1ccc2c(c1)CCCN2C1CCCC1. The molecule has 1 fully saturated rings. The summed E-state index contributed by atoms with van der Waals surface area (Å²) in [4.78, 5) is 2.63. The first-order valence-corrected chi connectivity index (χ1v) is 6.49. The van der Waals surface area contributed by atoms with E-state index in [4.69, 9.17) is 5.73 Å². The summed E-state index contributed by atoms with van der Waals surface area (Å²) in [5, 5.41) is 0. The lowest BCUT2D eigenvalue weighted by Gasteiger charge is -2.36. The van der Waals surface area contributed by atoms with Crippen molar-refractivity contribution in [3.8, 4) is 0 Å². The standard InChI is InChI=1S/C14H20N2/c15-12-7-8-14-11(10-12)4-3-9-16(14)13-5-1-2-6-13/h7-8,10,13H,1-6,9,15H2. The largest absolute Gasteiger partial charge is 0.399 e. The fraction of sp³-hybridized carbons (Fsp3) is 0.571. The van der Waals surface area contributed by atoms with Crippen molar-refractivity contribution in [1.82, 2.24) is 0 Å². The number of hydrogen-bond acceptors (Lipinski definition) is 2. The highest BCUT2D eigenvalue weighted by atomic mass is 15.2. The Balaban J connectivity index is 1.93. The Morgan fingerprint density at radius 3 is 2.75 bits per heavy atom. The summed E-state index contributed by atoms with van der Waals surface area (Å²) < 4.78 is 0. The molecule has 2 N–H and O–H groups in total. The number of nitrogen functional groups attached to an aromatic ring is 1. The van der Waals surface area contributed by atoms with Gasteiger partial charge in [0, 0.05) is 24.0 Å². The third-order valence-corrected chi connectivity index (χ3v) is 4.02. The highest BCUT2D eigenvalue weighted by molar-refractivity contribution is 5.61. The zero-order chi connectivity index (χ0) is 11.0. The van der Waals surface area contributed by atoms with Gasteiger partial charge in [-0.15, -0.1) is 0 Å². The normalized spacial score (nSPS) is 21.1. The topological polar surface area (TPSA) is 29.3 Å². The Bertz CT molecular complexity index is 380. The monoisotopic (exact) mass is 216 g/mol. The number of nitrogens with two attached hydrogens (primary N) is 1. The average Bonchev–Trinajstić information content (AvgIpc) is 2.81. The van der Waals surface area contributed by atoms with Crippen molar-refractivity contribution in [3.05, 3.63) is 23.8 Å². The smallest absolute Gasteiger partial charge is 0.0402 e. The van der Waals surface area contributed by atoms with Crippen LogP contribution in [0.15, 0.2) is 18.2 Å². The Morgan fingerprint density at radius 2 is 1.94 bits per heavy atom. The first kappa shape index (κ1) is 10.0. The summed E-state index contributed by atoms with van der Waals surface area (Å²) in [6, 6.07) is 7.23. The van der Waals surface area contributed by atoms with Crippen molar-refractivity contribution in [2.45, 2.75) is 44.6 Å². The molecule has 1 aliphatic carbocycles. The molecule has 1 aromatic carbocycles. The van der Waals surface area contributed by atoms with Gasteiger partial charge < -0.3 is 10.6 Å². The van der Waals surface area contributed by atoms with Crippen LogP contribution in [0.2, 0.25) is 0 Å². The van der Waals surface area contributed by atoms with Crippen molar-refractivity contribution >= 4 is 11.4 Å². The van der Waals surface area contributed by atoms with Crippen molar-refractivity contribution < 1.29 is 0 Å². The molecule has 0 aromatic heterocycles. The number of hydrogen-bond donors (Lipinski definition) is 1. The van der Waals surface area contributed by atoms with Gasteiger partial charge in [0.15, 0.2) is 0 Å². The maximum Gasteiger partial charge on any atom is 0.0402 e. The van der Waals surface area contributed by atoms with Crippen LogP contribution in [-0.2, 0) is 6.42 Å². The molecule has 86 valence electrons. The Kier molecular flexibility index (Phi) is 2.50. The van der Waals surface area contributed by atoms with E-state index in [0.717, 1.165) is 11.7 Å². The van der Waals surface area contributed by atoms with Crippen LogP contribution in [0.5, 0.6) is 0 Å². The van der Waals surface area contributed by atoms with Crippen LogP contribution in [-0.4, -0.2) is 12.6 Å². The molecule has 0 unspecified atom stereocenters. The lowest BCUT2D eigenvalue weighted by molar-refractivity contribution is 0.572. The number of aryl methyl sites for hydroxylation is 1. The van der Waals surface area contributed by atoms with Crippen molar-refractivity contribution in [2.24, 2.45) is 0 Å². The number of fused-ring (bicyclic) bond motifs is 1. The summed E-state index contributed by atoms with van der Waals surface area (Å²) in [6.07, 6.45) is 8.06. The van der Waals surface area contributed by atoms with E-state index in [1.807, 2.05) is 6.07 Å². The molecule has 16 heavy (non-hydrogen) atoms. The third kappa shape index (κ3) is 1.66. The van der Waals surface area contributed by atoms with Gasteiger partial charge in [-0.2, -0.15) is 0 Å². The van der Waals surface area contributed by atoms with E-state index in [2.05, 4.69) is 17.0 Å². The van der Waals surface area contributed by atoms with E-state index in [0.29, 0.717) is 0 Å². The highest BCUT2D eigenvalue weighted by Gasteiger charge is 2.26. The second-order valence-electron chi connectivity index (χ2n) is 5.12. The maximum atomic E-state index is 5.86. The van der Waals surface area contributed by atoms with Gasteiger partial charge in [-0.1, -0.05) is 12.8 Å². The molecular formula is C14H20N2. The van der Waals surface area contributed by atoms with Crippen LogP contribution in [0.1, 0.15) is 37.7 Å². The predicted octanol–water partition coefficient (Wildman–Crippen LogP) is 2.96. The summed E-state index contributed by atoms with van der Waals surface area (Å²) in [5.41, 5.74) is 9.68. The first-order chi connectivity index (χ1) is 7.84. The lowest BCUT2D eigenvalue weighted by atomic mass is 9.99. The number of rotatable bonds is 1. The first-order valence-electron chi connectivity index (χ1n) is 6.49. The average molecular weight is 216 g/mol. The Hall–Kier alpha value is -1.18. The van der Waals surface area contributed by atoms with Crippen LogP contribution in [0.4, 0.5) is 11.4 Å². The number of anilines is 2. The van der Waals surface area contributed by atoms with E-state index < -0.39 is 0 Å². The second kappa shape index (κ2) is 4.00. The fourth-order valence-corrected chi connectivity index (χ4v) is 3.24. The van der Waals surface area contributed by atoms with Crippen LogP contribution >= 0.6 is 0 Å². The van der Waals surface area contributed by atoms with Crippen LogP contribution < -0.4 is 10.6 Å². The molecule has 2 heteroatoms. The summed E-state index contributed by atoms with van der Waals surface area (Å²) >= 11 is 0. The van der Waals surface area contributed by atoms with Crippen LogP contribution in [0.25, 0.3) is 0 Å². The van der Waals surface area contributed by atoms with Crippen LogP contribution in [0, 0.1) is 0 Å². The molecule has 3 rings (SSSR count). The molecule has 0 saturated heterocycles. The third-order valence-electron chi connectivity index (χ3n) is 4.02. The highest BCUT2D eigenvalue weighted by Crippen LogP contribution is 2.34. The van der Waals surface area contributed by atoms with E-state index in [1.165, 1.54) is 56.3 Å². The quantitative estimate of drug-likeness (QED) is 0.731. The van der Waals surface area contributed by atoms with E-state index >= 15 is 0 Å². The van der Waals surface area contributed by atoms with Gasteiger partial charge in [0.1, 0.15) is 0 Å². The van der Waals surface area contributed by atoms with E-state index in [1.54, 1.807) is 0 Å². The molecular weight excluding hydrogens is 196 g/mol. The molecule has 1 aromatic rings. The molecule has 1 aliphatic heterocycles. The Labute approximate surface area is 97.4 Å². The molecule has 1 saturated carbocycles. The molecule has 2 nitrogen and oxygen atoms in total. The van der Waals surface area contributed by atoms with Gasteiger partial charge in [0.2, 0.25) is 0 Å². The van der Waals surface area contributed by atoms with Gasteiger partial charge in [-0.05, 0) is 49.4 Å².